The molecule has 150 valence electrons. The predicted molar refractivity (Wildman–Crippen MR) is 117 cm³/mol. The molecule has 4 rings (SSSR count). The third-order valence-electron chi connectivity index (χ3n) is 4.64. The molecule has 1 aromatic heterocycles. The quantitative estimate of drug-likeness (QED) is 0.480. The molecule has 0 saturated carbocycles. The summed E-state index contributed by atoms with van der Waals surface area (Å²) in [5, 5.41) is 9.85. The maximum Gasteiger partial charge on any atom is 0.231 e. The van der Waals surface area contributed by atoms with Crippen molar-refractivity contribution in [2.45, 2.75) is 19.9 Å². The Morgan fingerprint density at radius 3 is 2.76 bits per heavy atom. The second kappa shape index (κ2) is 8.96. The molecule has 2 aromatic carbocycles. The van der Waals surface area contributed by atoms with Gasteiger partial charge in [0.05, 0.1) is 5.69 Å². The van der Waals surface area contributed by atoms with Crippen LogP contribution in [0.5, 0.6) is 11.5 Å². The maximum atomic E-state index is 5.42. The van der Waals surface area contributed by atoms with Gasteiger partial charge in [-0.05, 0) is 24.6 Å². The Kier molecular flexibility index (Phi) is 5.95. The monoisotopic (exact) mass is 408 g/mol. The number of aliphatic imine (C=N–C) groups is 1. The number of ether oxygens (including phenoxy) is 2. The molecule has 2 heterocycles. The first kappa shape index (κ1) is 19.3. The summed E-state index contributed by atoms with van der Waals surface area (Å²) in [7, 11) is 1.77. The lowest BCUT2D eigenvalue weighted by atomic mass is 10.2. The molecular formula is C22H24N4O2S. The number of benzene rings is 2. The summed E-state index contributed by atoms with van der Waals surface area (Å²) < 4.78 is 10.8. The van der Waals surface area contributed by atoms with E-state index < -0.39 is 0 Å². The molecule has 0 atom stereocenters. The molecule has 0 bridgehead atoms. The van der Waals surface area contributed by atoms with Crippen molar-refractivity contribution >= 4 is 17.3 Å². The van der Waals surface area contributed by atoms with Crippen LogP contribution in [0.2, 0.25) is 0 Å². The highest BCUT2D eigenvalue weighted by molar-refractivity contribution is 7.13. The Morgan fingerprint density at radius 1 is 1.10 bits per heavy atom. The van der Waals surface area contributed by atoms with Gasteiger partial charge in [-0.3, -0.25) is 4.99 Å². The van der Waals surface area contributed by atoms with Crippen LogP contribution in [0.15, 0.2) is 52.8 Å². The van der Waals surface area contributed by atoms with Crippen LogP contribution in [-0.2, 0) is 13.0 Å². The topological polar surface area (TPSA) is 67.8 Å². The third kappa shape index (κ3) is 4.86. The minimum atomic E-state index is 0.289. The summed E-state index contributed by atoms with van der Waals surface area (Å²) in [6, 6.07) is 14.4. The van der Waals surface area contributed by atoms with Crippen LogP contribution in [0.4, 0.5) is 0 Å². The lowest BCUT2D eigenvalue weighted by Crippen LogP contribution is -2.37. The number of fused-ring (bicyclic) bond motifs is 1. The Hall–Kier alpha value is -3.06. The second-order valence-electron chi connectivity index (χ2n) is 6.80. The van der Waals surface area contributed by atoms with Gasteiger partial charge in [-0.25, -0.2) is 4.98 Å². The zero-order valence-electron chi connectivity index (χ0n) is 16.6. The minimum Gasteiger partial charge on any atom is -0.454 e. The van der Waals surface area contributed by atoms with E-state index in [1.54, 1.807) is 18.4 Å². The van der Waals surface area contributed by atoms with Crippen molar-refractivity contribution < 1.29 is 9.47 Å². The van der Waals surface area contributed by atoms with E-state index in [-0.39, 0.29) is 6.79 Å². The summed E-state index contributed by atoms with van der Waals surface area (Å²) in [6.07, 6.45) is 0.840. The summed E-state index contributed by atoms with van der Waals surface area (Å²) in [6.45, 7) is 3.80. The van der Waals surface area contributed by atoms with E-state index in [0.29, 0.717) is 6.54 Å². The van der Waals surface area contributed by atoms with Gasteiger partial charge >= 0.3 is 0 Å². The first-order valence-electron chi connectivity index (χ1n) is 9.56. The van der Waals surface area contributed by atoms with Gasteiger partial charge in [0.2, 0.25) is 6.79 Å². The van der Waals surface area contributed by atoms with E-state index in [9.17, 15) is 0 Å². The van der Waals surface area contributed by atoms with E-state index in [4.69, 9.17) is 14.5 Å². The van der Waals surface area contributed by atoms with Crippen LogP contribution in [0.25, 0.3) is 10.6 Å². The van der Waals surface area contributed by atoms with Gasteiger partial charge in [0.15, 0.2) is 17.5 Å². The van der Waals surface area contributed by atoms with Gasteiger partial charge in [-0.1, -0.05) is 35.9 Å². The van der Waals surface area contributed by atoms with Gasteiger partial charge in [-0.2, -0.15) is 0 Å². The van der Waals surface area contributed by atoms with E-state index >= 15 is 0 Å². The summed E-state index contributed by atoms with van der Waals surface area (Å²) in [5.74, 6) is 2.35. The highest BCUT2D eigenvalue weighted by atomic mass is 32.1. The normalized spacial score (nSPS) is 12.8. The number of aryl methyl sites for hydroxylation is 1. The first-order valence-corrected chi connectivity index (χ1v) is 10.4. The van der Waals surface area contributed by atoms with Crippen molar-refractivity contribution in [3.63, 3.8) is 0 Å². The molecule has 0 spiro atoms. The lowest BCUT2D eigenvalue weighted by molar-refractivity contribution is 0.174. The van der Waals surface area contributed by atoms with Crippen molar-refractivity contribution in [2.75, 3.05) is 20.4 Å². The third-order valence-corrected chi connectivity index (χ3v) is 5.58. The molecule has 2 N–H and O–H groups in total. The number of aromatic nitrogens is 1. The van der Waals surface area contributed by atoms with Crippen LogP contribution in [-0.4, -0.2) is 31.3 Å². The second-order valence-corrected chi connectivity index (χ2v) is 7.66. The average Bonchev–Trinajstić information content (AvgIpc) is 3.40. The molecule has 29 heavy (non-hydrogen) atoms. The molecule has 0 saturated heterocycles. The molecule has 0 fully saturated rings. The number of hydrogen-bond donors (Lipinski definition) is 2. The van der Waals surface area contributed by atoms with Crippen molar-refractivity contribution in [2.24, 2.45) is 4.99 Å². The van der Waals surface area contributed by atoms with Gasteiger partial charge < -0.3 is 20.1 Å². The number of rotatable bonds is 6. The van der Waals surface area contributed by atoms with Crippen LogP contribution in [0, 0.1) is 6.92 Å². The van der Waals surface area contributed by atoms with Crippen LogP contribution < -0.4 is 20.1 Å². The van der Waals surface area contributed by atoms with Crippen LogP contribution in [0.1, 0.15) is 16.8 Å². The Morgan fingerprint density at radius 2 is 1.93 bits per heavy atom. The lowest BCUT2D eigenvalue weighted by Gasteiger charge is -2.11. The molecule has 6 nitrogen and oxygen atoms in total. The molecule has 0 aliphatic carbocycles. The van der Waals surface area contributed by atoms with E-state index in [2.05, 4.69) is 52.2 Å². The highest BCUT2D eigenvalue weighted by Crippen LogP contribution is 2.32. The smallest absolute Gasteiger partial charge is 0.231 e. The van der Waals surface area contributed by atoms with Crippen molar-refractivity contribution in [3.8, 4) is 22.1 Å². The molecule has 0 unspecified atom stereocenters. The molecule has 0 amide bonds. The molecule has 1 aliphatic heterocycles. The van der Waals surface area contributed by atoms with Gasteiger partial charge in [0, 0.05) is 37.5 Å². The standard InChI is InChI=1S/C22H24N4O2S/c1-15-3-6-17(7-4-15)21-26-18(13-29-21)9-10-24-22(23-2)25-12-16-5-8-19-20(11-16)28-14-27-19/h3-8,11,13H,9-10,12,14H2,1-2H3,(H2,23,24,25). The average molecular weight is 409 g/mol. The Balaban J connectivity index is 1.25. The SMILES string of the molecule is CN=C(NCCc1csc(-c2ccc(C)cc2)n1)NCc1ccc2c(c1)OCO2. The van der Waals surface area contributed by atoms with Gasteiger partial charge in [0.1, 0.15) is 5.01 Å². The molecule has 7 heteroatoms. The number of guanidine groups is 1. The Labute approximate surface area is 174 Å². The fourth-order valence-electron chi connectivity index (χ4n) is 3.02. The fraction of sp³-hybridized carbons (Fsp3) is 0.273. The van der Waals surface area contributed by atoms with Crippen molar-refractivity contribution in [3.05, 3.63) is 64.7 Å². The summed E-state index contributed by atoms with van der Waals surface area (Å²) in [5.41, 5.74) is 4.62. The summed E-state index contributed by atoms with van der Waals surface area (Å²) in [4.78, 5) is 9.04. The number of hydrogen-bond acceptors (Lipinski definition) is 5. The molecular weight excluding hydrogens is 384 g/mol. The van der Waals surface area contributed by atoms with E-state index in [1.807, 2.05) is 18.2 Å². The van der Waals surface area contributed by atoms with Crippen LogP contribution >= 0.6 is 11.3 Å². The largest absolute Gasteiger partial charge is 0.454 e. The molecule has 3 aromatic rings. The zero-order chi connectivity index (χ0) is 20.1. The maximum absolute atomic E-state index is 5.42. The van der Waals surface area contributed by atoms with Crippen molar-refractivity contribution in [1.29, 1.82) is 0 Å². The minimum absolute atomic E-state index is 0.289. The predicted octanol–water partition coefficient (Wildman–Crippen LogP) is 3.75. The van der Waals surface area contributed by atoms with Gasteiger partial charge in [0.25, 0.3) is 0 Å². The fourth-order valence-corrected chi connectivity index (χ4v) is 3.88. The highest BCUT2D eigenvalue weighted by Gasteiger charge is 2.13. The van der Waals surface area contributed by atoms with E-state index in [1.165, 1.54) is 11.1 Å². The van der Waals surface area contributed by atoms with Crippen molar-refractivity contribution in [1.82, 2.24) is 15.6 Å². The molecule has 1 aliphatic rings. The first-order chi connectivity index (χ1) is 14.2. The Bertz CT molecular complexity index is 998. The number of thiazole rings is 1. The van der Waals surface area contributed by atoms with Gasteiger partial charge in [-0.15, -0.1) is 11.3 Å². The van der Waals surface area contributed by atoms with E-state index in [0.717, 1.165) is 46.7 Å². The van der Waals surface area contributed by atoms with Crippen LogP contribution in [0.3, 0.4) is 0 Å². The molecule has 0 radical (unpaired) electrons. The number of nitrogens with one attached hydrogen (secondary N) is 2. The summed E-state index contributed by atoms with van der Waals surface area (Å²) >= 11 is 1.68. The number of nitrogens with zero attached hydrogens (tertiary/aromatic N) is 2. The zero-order valence-corrected chi connectivity index (χ0v) is 17.4.